The smallest absolute Gasteiger partial charge is 0.249 e. The first-order chi connectivity index (χ1) is 13.2. The van der Waals surface area contributed by atoms with E-state index in [4.69, 9.17) is 25.8 Å². The van der Waals surface area contributed by atoms with Crippen LogP contribution in [0.3, 0.4) is 0 Å². The molecule has 0 unspecified atom stereocenters. The quantitative estimate of drug-likeness (QED) is 0.685. The summed E-state index contributed by atoms with van der Waals surface area (Å²) < 4.78 is 16.4. The number of aromatic nitrogens is 3. The van der Waals surface area contributed by atoms with Gasteiger partial charge in [0.25, 0.3) is 0 Å². The molecule has 2 aromatic carbocycles. The maximum atomic E-state index is 6.05. The molecule has 1 aromatic heterocycles. The van der Waals surface area contributed by atoms with Crippen LogP contribution >= 0.6 is 11.6 Å². The number of hydrogen-bond acceptors (Lipinski definition) is 8. The molecule has 0 spiro atoms. The molecule has 4 rings (SSSR count). The first-order valence-corrected chi connectivity index (χ1v) is 8.56. The lowest BCUT2D eigenvalue weighted by atomic mass is 10.2. The third-order valence-corrected chi connectivity index (χ3v) is 4.02. The summed E-state index contributed by atoms with van der Waals surface area (Å²) in [5, 5.41) is 14.8. The van der Waals surface area contributed by atoms with Crippen LogP contribution in [0.15, 0.2) is 42.6 Å². The Morgan fingerprint density at radius 3 is 2.74 bits per heavy atom. The SMILES string of the molecule is COc1ccc(Cl)cc1Nc1nncc(Nc2ccc3c(c2)OCCO3)n1. The second-order valence-electron chi connectivity index (χ2n) is 5.62. The van der Waals surface area contributed by atoms with Gasteiger partial charge in [-0.1, -0.05) is 11.6 Å². The van der Waals surface area contributed by atoms with Gasteiger partial charge in [0.2, 0.25) is 5.95 Å². The van der Waals surface area contributed by atoms with E-state index in [1.165, 1.54) is 6.20 Å². The van der Waals surface area contributed by atoms with Gasteiger partial charge in [0.1, 0.15) is 19.0 Å². The number of ether oxygens (including phenoxy) is 3. The van der Waals surface area contributed by atoms with Crippen molar-refractivity contribution in [3.05, 3.63) is 47.6 Å². The summed E-state index contributed by atoms with van der Waals surface area (Å²) in [6.45, 7) is 1.08. The lowest BCUT2D eigenvalue weighted by Crippen LogP contribution is -2.15. The molecule has 8 nitrogen and oxygen atoms in total. The minimum Gasteiger partial charge on any atom is -0.495 e. The minimum atomic E-state index is 0.304. The molecule has 0 saturated heterocycles. The van der Waals surface area contributed by atoms with Crippen molar-refractivity contribution < 1.29 is 14.2 Å². The van der Waals surface area contributed by atoms with Crippen molar-refractivity contribution in [1.29, 1.82) is 0 Å². The summed E-state index contributed by atoms with van der Waals surface area (Å²) in [5.74, 6) is 2.86. The number of halogens is 1. The summed E-state index contributed by atoms with van der Waals surface area (Å²) in [6, 6.07) is 10.8. The summed E-state index contributed by atoms with van der Waals surface area (Å²) >= 11 is 6.05. The largest absolute Gasteiger partial charge is 0.495 e. The number of methoxy groups -OCH3 is 1. The lowest BCUT2D eigenvalue weighted by molar-refractivity contribution is 0.171. The normalized spacial score (nSPS) is 12.4. The second-order valence-corrected chi connectivity index (χ2v) is 6.05. The Hall–Kier alpha value is -3.26. The lowest BCUT2D eigenvalue weighted by Gasteiger charge is -2.19. The highest BCUT2D eigenvalue weighted by Gasteiger charge is 2.12. The van der Waals surface area contributed by atoms with E-state index in [1.54, 1.807) is 25.3 Å². The van der Waals surface area contributed by atoms with E-state index in [0.717, 1.165) is 11.4 Å². The predicted molar refractivity (Wildman–Crippen MR) is 102 cm³/mol. The third kappa shape index (κ3) is 3.95. The molecule has 0 saturated carbocycles. The molecule has 0 amide bonds. The van der Waals surface area contributed by atoms with Crippen molar-refractivity contribution >= 4 is 34.7 Å². The highest BCUT2D eigenvalue weighted by Crippen LogP contribution is 2.33. The first kappa shape index (κ1) is 17.2. The summed E-state index contributed by atoms with van der Waals surface area (Å²) in [4.78, 5) is 4.41. The number of nitrogens with one attached hydrogen (secondary N) is 2. The standard InChI is InChI=1S/C18H16ClN5O3/c1-25-14-4-2-11(19)8-13(14)22-18-23-17(10-20-24-18)21-12-3-5-15-16(9-12)27-7-6-26-15/h2-5,8-10H,6-7H2,1H3,(H2,21,22,23,24). The number of hydrogen-bond donors (Lipinski definition) is 2. The van der Waals surface area contributed by atoms with Gasteiger partial charge in [0, 0.05) is 16.8 Å². The van der Waals surface area contributed by atoms with Crippen LogP contribution in [0.2, 0.25) is 5.02 Å². The molecule has 2 N–H and O–H groups in total. The van der Waals surface area contributed by atoms with Gasteiger partial charge in [0.05, 0.1) is 19.0 Å². The van der Waals surface area contributed by atoms with Crippen LogP contribution in [-0.4, -0.2) is 35.5 Å². The zero-order valence-corrected chi connectivity index (χ0v) is 15.2. The number of anilines is 4. The van der Waals surface area contributed by atoms with Crippen LogP contribution in [0.25, 0.3) is 0 Å². The monoisotopic (exact) mass is 385 g/mol. The molecule has 1 aliphatic rings. The Morgan fingerprint density at radius 2 is 1.89 bits per heavy atom. The van der Waals surface area contributed by atoms with Crippen LogP contribution in [0.4, 0.5) is 23.1 Å². The van der Waals surface area contributed by atoms with Crippen molar-refractivity contribution in [3.8, 4) is 17.2 Å². The second kappa shape index (κ2) is 7.55. The Morgan fingerprint density at radius 1 is 1.04 bits per heavy atom. The van der Waals surface area contributed by atoms with Crippen molar-refractivity contribution in [2.75, 3.05) is 31.0 Å². The molecule has 2 heterocycles. The van der Waals surface area contributed by atoms with E-state index in [9.17, 15) is 0 Å². The van der Waals surface area contributed by atoms with E-state index < -0.39 is 0 Å². The molecule has 0 aliphatic carbocycles. The number of nitrogens with zero attached hydrogens (tertiary/aromatic N) is 3. The summed E-state index contributed by atoms with van der Waals surface area (Å²) in [5.41, 5.74) is 1.44. The van der Waals surface area contributed by atoms with Gasteiger partial charge in [-0.3, -0.25) is 0 Å². The topological polar surface area (TPSA) is 90.4 Å². The Bertz CT molecular complexity index is 969. The van der Waals surface area contributed by atoms with Crippen molar-refractivity contribution in [3.63, 3.8) is 0 Å². The fourth-order valence-electron chi connectivity index (χ4n) is 2.58. The molecule has 138 valence electrons. The van der Waals surface area contributed by atoms with E-state index in [2.05, 4.69) is 25.8 Å². The Balaban J connectivity index is 1.54. The van der Waals surface area contributed by atoms with Gasteiger partial charge in [-0.15, -0.1) is 5.10 Å². The average molecular weight is 386 g/mol. The molecule has 9 heteroatoms. The minimum absolute atomic E-state index is 0.304. The van der Waals surface area contributed by atoms with Crippen LogP contribution in [0.5, 0.6) is 17.2 Å². The molecule has 0 bridgehead atoms. The zero-order chi connectivity index (χ0) is 18.6. The van der Waals surface area contributed by atoms with Gasteiger partial charge in [0.15, 0.2) is 17.3 Å². The average Bonchev–Trinajstić information content (AvgIpc) is 2.68. The van der Waals surface area contributed by atoms with Gasteiger partial charge < -0.3 is 24.8 Å². The van der Waals surface area contributed by atoms with Crippen LogP contribution < -0.4 is 24.8 Å². The predicted octanol–water partition coefficient (Wildman–Crippen LogP) is 3.79. The molecule has 3 aromatic rings. The van der Waals surface area contributed by atoms with Crippen LogP contribution in [-0.2, 0) is 0 Å². The van der Waals surface area contributed by atoms with E-state index in [0.29, 0.717) is 47.2 Å². The summed E-state index contributed by atoms with van der Waals surface area (Å²) in [6.07, 6.45) is 1.52. The Labute approximate surface area is 160 Å². The zero-order valence-electron chi connectivity index (χ0n) is 14.4. The molecule has 0 atom stereocenters. The fourth-order valence-corrected chi connectivity index (χ4v) is 2.76. The summed E-state index contributed by atoms with van der Waals surface area (Å²) in [7, 11) is 1.58. The van der Waals surface area contributed by atoms with Crippen molar-refractivity contribution in [1.82, 2.24) is 15.2 Å². The van der Waals surface area contributed by atoms with Gasteiger partial charge in [-0.2, -0.15) is 10.1 Å². The molecular formula is C18H16ClN5O3. The molecule has 1 aliphatic heterocycles. The first-order valence-electron chi connectivity index (χ1n) is 8.18. The van der Waals surface area contributed by atoms with Gasteiger partial charge in [-0.25, -0.2) is 0 Å². The molecule has 0 radical (unpaired) electrons. The van der Waals surface area contributed by atoms with E-state index >= 15 is 0 Å². The number of fused-ring (bicyclic) bond motifs is 1. The fraction of sp³-hybridized carbons (Fsp3) is 0.167. The number of rotatable bonds is 5. The van der Waals surface area contributed by atoms with Crippen LogP contribution in [0.1, 0.15) is 0 Å². The molecule has 27 heavy (non-hydrogen) atoms. The highest BCUT2D eigenvalue weighted by atomic mass is 35.5. The highest BCUT2D eigenvalue weighted by molar-refractivity contribution is 6.31. The van der Waals surface area contributed by atoms with Gasteiger partial charge >= 0.3 is 0 Å². The van der Waals surface area contributed by atoms with Crippen molar-refractivity contribution in [2.24, 2.45) is 0 Å². The maximum absolute atomic E-state index is 6.05. The molecule has 0 fully saturated rings. The maximum Gasteiger partial charge on any atom is 0.249 e. The third-order valence-electron chi connectivity index (χ3n) is 3.78. The van der Waals surface area contributed by atoms with Gasteiger partial charge in [-0.05, 0) is 30.3 Å². The van der Waals surface area contributed by atoms with E-state index in [-0.39, 0.29) is 0 Å². The Kier molecular flexibility index (Phi) is 4.80. The number of benzene rings is 2. The van der Waals surface area contributed by atoms with Crippen LogP contribution in [0, 0.1) is 0 Å². The van der Waals surface area contributed by atoms with E-state index in [1.807, 2.05) is 18.2 Å². The molecular weight excluding hydrogens is 370 g/mol. The van der Waals surface area contributed by atoms with Crippen molar-refractivity contribution in [2.45, 2.75) is 0 Å².